The fourth-order valence-corrected chi connectivity index (χ4v) is 1.68. The molecule has 0 radical (unpaired) electrons. The van der Waals surface area contributed by atoms with Gasteiger partial charge in [-0.05, 0) is 18.2 Å². The predicted octanol–water partition coefficient (Wildman–Crippen LogP) is 1.79. The van der Waals surface area contributed by atoms with E-state index < -0.39 is 0 Å². The van der Waals surface area contributed by atoms with Gasteiger partial charge in [0.1, 0.15) is 0 Å². The summed E-state index contributed by atoms with van der Waals surface area (Å²) in [4.78, 5) is 11.8. The molecule has 0 bridgehead atoms. The third-order valence-corrected chi connectivity index (χ3v) is 2.61. The average Bonchev–Trinajstić information content (AvgIpc) is 2.43. The van der Waals surface area contributed by atoms with Crippen molar-refractivity contribution >= 4 is 11.8 Å². The Morgan fingerprint density at radius 1 is 1.17 bits per heavy atom. The minimum Gasteiger partial charge on any atom is -0.404 e. The van der Waals surface area contributed by atoms with Gasteiger partial charge in [0.15, 0.2) is 0 Å². The van der Waals surface area contributed by atoms with Crippen LogP contribution in [-0.2, 0) is 0 Å². The van der Waals surface area contributed by atoms with E-state index in [0.717, 1.165) is 17.5 Å². The summed E-state index contributed by atoms with van der Waals surface area (Å²) in [6.07, 6.45) is 4.19. The van der Waals surface area contributed by atoms with E-state index >= 15 is 0 Å². The first-order valence-electron chi connectivity index (χ1n) is 5.47. The SMILES string of the molecule is N=C/C(=C\N)c1ccc(=O)n(-c2ccccc2)c1. The zero-order valence-electron chi connectivity index (χ0n) is 9.71. The van der Waals surface area contributed by atoms with Crippen molar-refractivity contribution in [3.63, 3.8) is 0 Å². The van der Waals surface area contributed by atoms with E-state index in [-0.39, 0.29) is 5.56 Å². The molecular weight excluding hydrogens is 226 g/mol. The molecule has 4 heteroatoms. The summed E-state index contributed by atoms with van der Waals surface area (Å²) < 4.78 is 1.53. The second-order valence-electron chi connectivity index (χ2n) is 3.73. The van der Waals surface area contributed by atoms with E-state index in [2.05, 4.69) is 0 Å². The maximum Gasteiger partial charge on any atom is 0.255 e. The maximum absolute atomic E-state index is 11.8. The Kier molecular flexibility index (Phi) is 3.38. The zero-order valence-corrected chi connectivity index (χ0v) is 9.71. The van der Waals surface area contributed by atoms with Gasteiger partial charge in [0.2, 0.25) is 0 Å². The number of hydrogen-bond donors (Lipinski definition) is 2. The maximum atomic E-state index is 11.8. The molecule has 4 nitrogen and oxygen atoms in total. The molecule has 0 unspecified atom stereocenters. The van der Waals surface area contributed by atoms with Crippen LogP contribution in [-0.4, -0.2) is 10.8 Å². The van der Waals surface area contributed by atoms with Crippen LogP contribution in [0.3, 0.4) is 0 Å². The Labute approximate surface area is 105 Å². The third-order valence-electron chi connectivity index (χ3n) is 2.61. The van der Waals surface area contributed by atoms with E-state index in [1.54, 1.807) is 12.3 Å². The molecule has 0 amide bonds. The first-order chi connectivity index (χ1) is 8.76. The van der Waals surface area contributed by atoms with Crippen LogP contribution >= 0.6 is 0 Å². The molecule has 3 N–H and O–H groups in total. The van der Waals surface area contributed by atoms with Gasteiger partial charge in [-0.2, -0.15) is 0 Å². The van der Waals surface area contributed by atoms with Crippen LogP contribution < -0.4 is 11.3 Å². The smallest absolute Gasteiger partial charge is 0.255 e. The van der Waals surface area contributed by atoms with E-state index in [9.17, 15) is 4.79 Å². The monoisotopic (exact) mass is 239 g/mol. The van der Waals surface area contributed by atoms with Gasteiger partial charge in [-0.3, -0.25) is 9.36 Å². The summed E-state index contributed by atoms with van der Waals surface area (Å²) in [6.45, 7) is 0. The van der Waals surface area contributed by atoms with Gasteiger partial charge in [-0.25, -0.2) is 0 Å². The highest BCUT2D eigenvalue weighted by Gasteiger charge is 2.03. The van der Waals surface area contributed by atoms with Crippen molar-refractivity contribution in [1.29, 1.82) is 5.41 Å². The summed E-state index contributed by atoms with van der Waals surface area (Å²) in [5.41, 5.74) is 7.41. The minimum absolute atomic E-state index is 0.119. The van der Waals surface area contributed by atoms with Gasteiger partial charge >= 0.3 is 0 Å². The lowest BCUT2D eigenvalue weighted by molar-refractivity contribution is 0.986. The topological polar surface area (TPSA) is 71.9 Å². The molecular formula is C14H13N3O. The molecule has 0 fully saturated rings. The van der Waals surface area contributed by atoms with Crippen LogP contribution in [0.25, 0.3) is 11.3 Å². The van der Waals surface area contributed by atoms with Crippen molar-refractivity contribution in [2.24, 2.45) is 5.73 Å². The molecule has 0 aliphatic heterocycles. The lowest BCUT2D eigenvalue weighted by Crippen LogP contribution is -2.17. The van der Waals surface area contributed by atoms with Gasteiger partial charge < -0.3 is 11.1 Å². The minimum atomic E-state index is -0.119. The summed E-state index contributed by atoms with van der Waals surface area (Å²) in [5.74, 6) is 0. The Morgan fingerprint density at radius 3 is 2.50 bits per heavy atom. The number of nitrogens with one attached hydrogen (secondary N) is 1. The molecule has 0 spiro atoms. The van der Waals surface area contributed by atoms with Gasteiger partial charge in [0, 0.05) is 41.5 Å². The first-order valence-corrected chi connectivity index (χ1v) is 5.47. The summed E-state index contributed by atoms with van der Waals surface area (Å²) in [5, 5.41) is 7.27. The lowest BCUT2D eigenvalue weighted by atomic mass is 10.1. The van der Waals surface area contributed by atoms with Crippen LogP contribution in [0.4, 0.5) is 0 Å². The Balaban J connectivity index is 2.59. The number of aromatic nitrogens is 1. The fourth-order valence-electron chi connectivity index (χ4n) is 1.68. The number of rotatable bonds is 3. The Bertz CT molecular complexity index is 642. The van der Waals surface area contributed by atoms with Crippen molar-refractivity contribution < 1.29 is 0 Å². The second-order valence-corrected chi connectivity index (χ2v) is 3.73. The van der Waals surface area contributed by atoms with Crippen LogP contribution in [0, 0.1) is 5.41 Å². The predicted molar refractivity (Wildman–Crippen MR) is 73.0 cm³/mol. The number of benzene rings is 1. The van der Waals surface area contributed by atoms with Crippen LogP contribution in [0.1, 0.15) is 5.56 Å². The highest BCUT2D eigenvalue weighted by molar-refractivity contribution is 6.07. The summed E-state index contributed by atoms with van der Waals surface area (Å²) in [7, 11) is 0. The van der Waals surface area contributed by atoms with Crippen LogP contribution in [0.15, 0.2) is 59.7 Å². The zero-order chi connectivity index (χ0) is 13.0. The molecule has 18 heavy (non-hydrogen) atoms. The summed E-state index contributed by atoms with van der Waals surface area (Å²) in [6, 6.07) is 12.4. The second kappa shape index (κ2) is 5.14. The molecule has 2 rings (SSSR count). The van der Waals surface area contributed by atoms with Crippen molar-refractivity contribution in [3.8, 4) is 5.69 Å². The van der Waals surface area contributed by atoms with Crippen molar-refractivity contribution in [1.82, 2.24) is 4.57 Å². The highest BCUT2D eigenvalue weighted by atomic mass is 16.1. The molecule has 0 saturated heterocycles. The quantitative estimate of drug-likeness (QED) is 0.801. The summed E-state index contributed by atoms with van der Waals surface area (Å²) >= 11 is 0. The average molecular weight is 239 g/mol. The standard InChI is InChI=1S/C14H13N3O/c15-8-12(9-16)11-6-7-14(18)17(10-11)13-4-2-1-3-5-13/h1-10,15H,16H2/b12-9+,15-8?. The van der Waals surface area contributed by atoms with Gasteiger partial charge in [-0.15, -0.1) is 0 Å². The number of allylic oxidation sites excluding steroid dienone is 1. The largest absolute Gasteiger partial charge is 0.404 e. The molecule has 0 aliphatic rings. The van der Waals surface area contributed by atoms with Crippen LogP contribution in [0.2, 0.25) is 0 Å². The number of nitrogens with two attached hydrogens (primary N) is 1. The van der Waals surface area contributed by atoms with E-state index in [1.165, 1.54) is 16.8 Å². The first kappa shape index (κ1) is 11.9. The number of nitrogens with zero attached hydrogens (tertiary/aromatic N) is 1. The highest BCUT2D eigenvalue weighted by Crippen LogP contribution is 2.11. The number of pyridine rings is 1. The van der Waals surface area contributed by atoms with Gasteiger partial charge in [-0.1, -0.05) is 18.2 Å². The molecule has 90 valence electrons. The van der Waals surface area contributed by atoms with E-state index in [0.29, 0.717) is 5.57 Å². The van der Waals surface area contributed by atoms with Crippen molar-refractivity contribution in [3.05, 3.63) is 70.8 Å². The van der Waals surface area contributed by atoms with Gasteiger partial charge in [0.05, 0.1) is 0 Å². The van der Waals surface area contributed by atoms with E-state index in [1.807, 2.05) is 30.3 Å². The third kappa shape index (κ3) is 2.22. The van der Waals surface area contributed by atoms with Crippen LogP contribution in [0.5, 0.6) is 0 Å². The Morgan fingerprint density at radius 2 is 1.89 bits per heavy atom. The van der Waals surface area contributed by atoms with Gasteiger partial charge in [0.25, 0.3) is 5.56 Å². The molecule has 0 atom stereocenters. The van der Waals surface area contributed by atoms with Crippen molar-refractivity contribution in [2.45, 2.75) is 0 Å². The molecule has 1 aromatic heterocycles. The molecule has 1 aromatic carbocycles. The van der Waals surface area contributed by atoms with Crippen molar-refractivity contribution in [2.75, 3.05) is 0 Å². The molecule has 0 aliphatic carbocycles. The Hall–Kier alpha value is -2.62. The number of hydrogen-bond acceptors (Lipinski definition) is 3. The normalized spacial score (nSPS) is 11.2. The fraction of sp³-hybridized carbons (Fsp3) is 0. The molecule has 1 heterocycles. The van der Waals surface area contributed by atoms with E-state index in [4.69, 9.17) is 11.1 Å². The molecule has 0 saturated carbocycles. The lowest BCUT2D eigenvalue weighted by Gasteiger charge is -2.08. The molecule has 2 aromatic rings. The number of para-hydroxylation sites is 1.